The lowest BCUT2D eigenvalue weighted by Crippen LogP contribution is -2.20. The van der Waals surface area contributed by atoms with E-state index in [1.165, 1.54) is 24.3 Å². The average molecular weight is 406 g/mol. The van der Waals surface area contributed by atoms with Gasteiger partial charge in [-0.1, -0.05) is 24.3 Å². The summed E-state index contributed by atoms with van der Waals surface area (Å²) in [6.07, 6.45) is 1.85. The number of hydrogen-bond acceptors (Lipinski definition) is 5. The minimum absolute atomic E-state index is 0.171. The second-order valence-corrected chi connectivity index (χ2v) is 6.54. The molecule has 2 heterocycles. The van der Waals surface area contributed by atoms with Crippen molar-refractivity contribution >= 4 is 17.5 Å². The van der Waals surface area contributed by atoms with Crippen LogP contribution in [0.5, 0.6) is 5.75 Å². The molecule has 0 unspecified atom stereocenters. The highest BCUT2D eigenvalue weighted by atomic mass is 19.1. The fraction of sp³-hybridized carbons (Fsp3) is 0.136. The summed E-state index contributed by atoms with van der Waals surface area (Å²) >= 11 is 0. The van der Waals surface area contributed by atoms with E-state index >= 15 is 0 Å². The largest absolute Gasteiger partial charge is 0.484 e. The van der Waals surface area contributed by atoms with Gasteiger partial charge in [0.1, 0.15) is 11.6 Å². The van der Waals surface area contributed by atoms with Gasteiger partial charge in [-0.3, -0.25) is 10.1 Å². The smallest absolute Gasteiger partial charge is 0.264 e. The number of halogens is 1. The Kier molecular flexibility index (Phi) is 5.67. The van der Waals surface area contributed by atoms with Gasteiger partial charge in [0.05, 0.1) is 6.61 Å². The van der Waals surface area contributed by atoms with Crippen molar-refractivity contribution in [2.45, 2.75) is 6.61 Å². The third kappa shape index (κ3) is 4.44. The van der Waals surface area contributed by atoms with Gasteiger partial charge in [0, 0.05) is 18.9 Å². The highest BCUT2D eigenvalue weighted by molar-refractivity contribution is 5.90. The summed E-state index contributed by atoms with van der Waals surface area (Å²) in [5.74, 6) is -0.218. The molecule has 4 aromatic rings. The Morgan fingerprint density at radius 3 is 2.70 bits per heavy atom. The fourth-order valence-electron chi connectivity index (χ4n) is 3.02. The van der Waals surface area contributed by atoms with Crippen LogP contribution in [0, 0.1) is 5.82 Å². The molecule has 1 amide bonds. The summed E-state index contributed by atoms with van der Waals surface area (Å²) in [4.78, 5) is 16.4. The molecule has 7 nitrogen and oxygen atoms in total. The van der Waals surface area contributed by atoms with E-state index in [9.17, 15) is 9.18 Å². The number of benzene rings is 2. The van der Waals surface area contributed by atoms with Crippen molar-refractivity contribution in [1.29, 1.82) is 0 Å². The number of aromatic nitrogens is 3. The molecule has 152 valence electrons. The van der Waals surface area contributed by atoms with E-state index in [-0.39, 0.29) is 18.4 Å². The summed E-state index contributed by atoms with van der Waals surface area (Å²) in [6.45, 7) is 0.262. The topological polar surface area (TPSA) is 77.8 Å². The third-order valence-electron chi connectivity index (χ3n) is 4.39. The Labute approximate surface area is 172 Å². The number of pyridine rings is 1. The van der Waals surface area contributed by atoms with Crippen LogP contribution in [0.4, 0.5) is 10.3 Å². The SMILES string of the molecule is COCc1ccccc1-c1ccc2nc(NC(=O)COc3ccc(F)cc3)nn2c1. The molecule has 0 atom stereocenters. The van der Waals surface area contributed by atoms with Crippen LogP contribution in [-0.2, 0) is 16.1 Å². The molecule has 0 saturated heterocycles. The van der Waals surface area contributed by atoms with Crippen molar-refractivity contribution < 1.29 is 18.7 Å². The second kappa shape index (κ2) is 8.71. The number of carbonyl (C=O) groups excluding carboxylic acids is 1. The number of methoxy groups -OCH3 is 1. The lowest BCUT2D eigenvalue weighted by Gasteiger charge is -2.08. The first-order valence-electron chi connectivity index (χ1n) is 9.24. The van der Waals surface area contributed by atoms with Crippen LogP contribution >= 0.6 is 0 Å². The van der Waals surface area contributed by atoms with Crippen LogP contribution in [0.1, 0.15) is 5.56 Å². The van der Waals surface area contributed by atoms with E-state index in [4.69, 9.17) is 9.47 Å². The summed E-state index contributed by atoms with van der Waals surface area (Å²) in [5.41, 5.74) is 3.65. The van der Waals surface area contributed by atoms with E-state index in [2.05, 4.69) is 15.4 Å². The number of rotatable bonds is 7. The molecule has 0 aliphatic rings. The van der Waals surface area contributed by atoms with Crippen LogP contribution in [0.15, 0.2) is 66.9 Å². The van der Waals surface area contributed by atoms with Gasteiger partial charge in [0.15, 0.2) is 12.3 Å². The van der Waals surface area contributed by atoms with E-state index in [0.717, 1.165) is 16.7 Å². The maximum absolute atomic E-state index is 12.9. The number of hydrogen-bond donors (Lipinski definition) is 1. The van der Waals surface area contributed by atoms with Crippen LogP contribution in [0.3, 0.4) is 0 Å². The lowest BCUT2D eigenvalue weighted by atomic mass is 10.0. The van der Waals surface area contributed by atoms with Gasteiger partial charge in [-0.2, -0.15) is 4.98 Å². The Balaban J connectivity index is 1.47. The van der Waals surface area contributed by atoms with Crippen molar-refractivity contribution in [2.75, 3.05) is 19.0 Å². The molecule has 0 aliphatic carbocycles. The monoisotopic (exact) mass is 406 g/mol. The van der Waals surface area contributed by atoms with E-state index < -0.39 is 5.91 Å². The number of ether oxygens (including phenoxy) is 2. The maximum Gasteiger partial charge on any atom is 0.264 e. The van der Waals surface area contributed by atoms with Crippen LogP contribution in [0.2, 0.25) is 0 Å². The molecule has 0 saturated carbocycles. The van der Waals surface area contributed by atoms with Crippen LogP contribution < -0.4 is 10.1 Å². The Hall–Kier alpha value is -3.78. The average Bonchev–Trinajstić information content (AvgIpc) is 3.15. The normalized spacial score (nSPS) is 10.9. The Morgan fingerprint density at radius 1 is 1.10 bits per heavy atom. The molecule has 0 spiro atoms. The first kappa shape index (κ1) is 19.5. The third-order valence-corrected chi connectivity index (χ3v) is 4.39. The maximum atomic E-state index is 12.9. The number of carbonyl (C=O) groups is 1. The molecule has 2 aromatic carbocycles. The predicted molar refractivity (Wildman–Crippen MR) is 110 cm³/mol. The zero-order valence-electron chi connectivity index (χ0n) is 16.2. The van der Waals surface area contributed by atoms with Gasteiger partial charge in [-0.25, -0.2) is 8.91 Å². The van der Waals surface area contributed by atoms with Gasteiger partial charge in [-0.15, -0.1) is 5.10 Å². The molecule has 0 bridgehead atoms. The first-order chi connectivity index (χ1) is 14.6. The summed E-state index contributed by atoms with van der Waals surface area (Å²) < 4.78 is 25.1. The zero-order valence-corrected chi connectivity index (χ0v) is 16.2. The van der Waals surface area contributed by atoms with Gasteiger partial charge in [0.25, 0.3) is 5.91 Å². The molecule has 0 fully saturated rings. The minimum Gasteiger partial charge on any atom is -0.484 e. The van der Waals surface area contributed by atoms with Gasteiger partial charge < -0.3 is 9.47 Å². The molecule has 8 heteroatoms. The molecule has 0 radical (unpaired) electrons. The van der Waals surface area contributed by atoms with Gasteiger partial charge in [0.2, 0.25) is 5.95 Å². The summed E-state index contributed by atoms with van der Waals surface area (Å²) in [7, 11) is 1.66. The predicted octanol–water partition coefficient (Wildman–Crippen LogP) is 3.70. The quantitative estimate of drug-likeness (QED) is 0.506. The highest BCUT2D eigenvalue weighted by Crippen LogP contribution is 2.24. The van der Waals surface area contributed by atoms with Crippen LogP contribution in [0.25, 0.3) is 16.8 Å². The highest BCUT2D eigenvalue weighted by Gasteiger charge is 2.11. The fourth-order valence-corrected chi connectivity index (χ4v) is 3.02. The van der Waals surface area contributed by atoms with Gasteiger partial charge >= 0.3 is 0 Å². The summed E-state index contributed by atoms with van der Waals surface area (Å²) in [6, 6.07) is 17.2. The molecule has 4 rings (SSSR count). The van der Waals surface area contributed by atoms with E-state index in [1.54, 1.807) is 11.6 Å². The molecular weight excluding hydrogens is 387 g/mol. The zero-order chi connectivity index (χ0) is 20.9. The number of fused-ring (bicyclic) bond motifs is 1. The van der Waals surface area contributed by atoms with Crippen molar-refractivity contribution in [2.24, 2.45) is 0 Å². The minimum atomic E-state index is -0.416. The number of nitrogens with zero attached hydrogens (tertiary/aromatic N) is 3. The Bertz CT molecular complexity index is 1170. The lowest BCUT2D eigenvalue weighted by molar-refractivity contribution is -0.118. The molecule has 1 N–H and O–H groups in total. The van der Waals surface area contributed by atoms with Crippen molar-refractivity contribution in [3.8, 4) is 16.9 Å². The number of anilines is 1. The van der Waals surface area contributed by atoms with Crippen LogP contribution in [-0.4, -0.2) is 34.2 Å². The molecule has 0 aliphatic heterocycles. The summed E-state index contributed by atoms with van der Waals surface area (Å²) in [5, 5.41) is 6.92. The van der Waals surface area contributed by atoms with Crippen molar-refractivity contribution in [3.05, 3.63) is 78.2 Å². The van der Waals surface area contributed by atoms with Crippen molar-refractivity contribution in [3.63, 3.8) is 0 Å². The number of nitrogens with one attached hydrogen (secondary N) is 1. The van der Waals surface area contributed by atoms with Crippen molar-refractivity contribution in [1.82, 2.24) is 14.6 Å². The van der Waals surface area contributed by atoms with E-state index in [0.29, 0.717) is 18.0 Å². The number of amides is 1. The Morgan fingerprint density at radius 2 is 1.90 bits per heavy atom. The van der Waals surface area contributed by atoms with Gasteiger partial charge in [-0.05, 0) is 47.5 Å². The first-order valence-corrected chi connectivity index (χ1v) is 9.24. The molecule has 30 heavy (non-hydrogen) atoms. The molecular formula is C22H19FN4O3. The van der Waals surface area contributed by atoms with E-state index in [1.807, 2.05) is 42.6 Å². The molecule has 2 aromatic heterocycles. The standard InChI is InChI=1S/C22H19FN4O3/c1-29-13-16-4-2-3-5-19(16)15-6-11-20-24-22(26-27(20)12-15)25-21(28)14-30-18-9-7-17(23)8-10-18/h2-12H,13-14H2,1H3,(H,25,26,28). The second-order valence-electron chi connectivity index (χ2n) is 6.54.